The van der Waals surface area contributed by atoms with Crippen LogP contribution in [0.5, 0.6) is 5.75 Å². The zero-order valence-electron chi connectivity index (χ0n) is 8.38. The van der Waals surface area contributed by atoms with Gasteiger partial charge in [0.2, 0.25) is 0 Å². The molecule has 16 heavy (non-hydrogen) atoms. The number of benzene rings is 1. The molecule has 0 unspecified atom stereocenters. The Morgan fingerprint density at radius 1 is 1.50 bits per heavy atom. The maximum absolute atomic E-state index is 11.8. The maximum atomic E-state index is 11.8. The minimum Gasteiger partial charge on any atom is -0.494 e. The number of H-pyrrole nitrogens is 1. The summed E-state index contributed by atoms with van der Waals surface area (Å²) in [5, 5.41) is 0.713. The summed E-state index contributed by atoms with van der Waals surface area (Å²) < 4.78 is 5.09. The molecule has 0 amide bonds. The van der Waals surface area contributed by atoms with Crippen molar-refractivity contribution < 1.29 is 4.74 Å². The number of hydrogen-bond donors (Lipinski definition) is 1. The Kier molecular flexibility index (Phi) is 3.03. The standard InChI is InChI=1S/C10H8Cl2N2O2/c1-16-9-5(12)2-3-6-8(9)10(15)14-7(4-11)13-6/h2-3H,4H2,1H3,(H,13,14,15). The second-order valence-corrected chi connectivity index (χ2v) is 3.80. The highest BCUT2D eigenvalue weighted by molar-refractivity contribution is 6.33. The summed E-state index contributed by atoms with van der Waals surface area (Å²) in [7, 11) is 1.45. The van der Waals surface area contributed by atoms with Crippen LogP contribution in [0, 0.1) is 0 Å². The molecule has 1 N–H and O–H groups in total. The van der Waals surface area contributed by atoms with Crippen molar-refractivity contribution in [2.24, 2.45) is 0 Å². The molecule has 0 aliphatic carbocycles. The Balaban J connectivity index is 2.89. The molecule has 84 valence electrons. The first-order valence-corrected chi connectivity index (χ1v) is 5.40. The van der Waals surface area contributed by atoms with Gasteiger partial charge < -0.3 is 9.72 Å². The number of halogens is 2. The van der Waals surface area contributed by atoms with Gasteiger partial charge in [0.1, 0.15) is 11.2 Å². The summed E-state index contributed by atoms with van der Waals surface area (Å²) in [6, 6.07) is 3.29. The zero-order valence-corrected chi connectivity index (χ0v) is 9.89. The fraction of sp³-hybridized carbons (Fsp3) is 0.200. The predicted octanol–water partition coefficient (Wildman–Crippen LogP) is 2.32. The highest BCUT2D eigenvalue weighted by Crippen LogP contribution is 2.29. The molecule has 0 radical (unpaired) electrons. The van der Waals surface area contributed by atoms with Gasteiger partial charge in [-0.05, 0) is 12.1 Å². The van der Waals surface area contributed by atoms with Gasteiger partial charge in [0.15, 0.2) is 5.75 Å². The van der Waals surface area contributed by atoms with E-state index in [9.17, 15) is 4.79 Å². The van der Waals surface area contributed by atoms with Crippen LogP contribution in [0.3, 0.4) is 0 Å². The summed E-state index contributed by atoms with van der Waals surface area (Å²) >= 11 is 11.5. The quantitative estimate of drug-likeness (QED) is 0.842. The molecule has 0 fully saturated rings. The number of ether oxygens (including phenoxy) is 1. The highest BCUT2D eigenvalue weighted by atomic mass is 35.5. The molecule has 2 aromatic rings. The number of methoxy groups -OCH3 is 1. The van der Waals surface area contributed by atoms with Crippen molar-refractivity contribution in [1.82, 2.24) is 9.97 Å². The van der Waals surface area contributed by atoms with Crippen molar-refractivity contribution in [3.05, 3.63) is 33.3 Å². The number of nitrogens with zero attached hydrogens (tertiary/aromatic N) is 1. The lowest BCUT2D eigenvalue weighted by Crippen LogP contribution is -2.12. The number of fused-ring (bicyclic) bond motifs is 1. The molecule has 1 aromatic heterocycles. The summed E-state index contributed by atoms with van der Waals surface area (Å²) in [5.74, 6) is 0.897. The van der Waals surface area contributed by atoms with Gasteiger partial charge >= 0.3 is 0 Å². The van der Waals surface area contributed by atoms with Gasteiger partial charge in [-0.2, -0.15) is 0 Å². The van der Waals surface area contributed by atoms with Crippen LogP contribution in [0.2, 0.25) is 5.02 Å². The van der Waals surface area contributed by atoms with E-state index in [-0.39, 0.29) is 11.4 Å². The first-order valence-electron chi connectivity index (χ1n) is 4.48. The summed E-state index contributed by atoms with van der Waals surface area (Å²) in [6.07, 6.45) is 0. The van der Waals surface area contributed by atoms with Gasteiger partial charge in [-0.1, -0.05) is 11.6 Å². The van der Waals surface area contributed by atoms with Crippen LogP contribution in [0.4, 0.5) is 0 Å². The van der Waals surface area contributed by atoms with Gasteiger partial charge in [-0.15, -0.1) is 11.6 Å². The van der Waals surface area contributed by atoms with E-state index >= 15 is 0 Å². The molecule has 0 aliphatic heterocycles. The number of aromatic nitrogens is 2. The van der Waals surface area contributed by atoms with Gasteiger partial charge in [-0.25, -0.2) is 4.98 Å². The molecule has 1 aromatic carbocycles. The van der Waals surface area contributed by atoms with E-state index < -0.39 is 0 Å². The van der Waals surface area contributed by atoms with Crippen LogP contribution < -0.4 is 10.3 Å². The van der Waals surface area contributed by atoms with Crippen molar-refractivity contribution in [1.29, 1.82) is 0 Å². The molecule has 1 heterocycles. The van der Waals surface area contributed by atoms with Gasteiger partial charge in [0, 0.05) is 0 Å². The fourth-order valence-electron chi connectivity index (χ4n) is 1.49. The van der Waals surface area contributed by atoms with Crippen molar-refractivity contribution in [3.63, 3.8) is 0 Å². The molecular weight excluding hydrogens is 251 g/mol. The van der Waals surface area contributed by atoms with Gasteiger partial charge in [0.25, 0.3) is 5.56 Å². The molecule has 4 nitrogen and oxygen atoms in total. The minimum atomic E-state index is -0.306. The van der Waals surface area contributed by atoms with Crippen molar-refractivity contribution in [2.75, 3.05) is 7.11 Å². The van der Waals surface area contributed by atoms with Crippen LogP contribution in [-0.4, -0.2) is 17.1 Å². The monoisotopic (exact) mass is 258 g/mol. The molecule has 2 rings (SSSR count). The Labute approximate surface area is 101 Å². The average Bonchev–Trinajstić information content (AvgIpc) is 2.29. The van der Waals surface area contributed by atoms with Crippen LogP contribution in [-0.2, 0) is 5.88 Å². The highest BCUT2D eigenvalue weighted by Gasteiger charge is 2.12. The van der Waals surface area contributed by atoms with E-state index in [4.69, 9.17) is 27.9 Å². The lowest BCUT2D eigenvalue weighted by molar-refractivity contribution is 0.419. The van der Waals surface area contributed by atoms with E-state index in [0.717, 1.165) is 0 Å². The van der Waals surface area contributed by atoms with E-state index in [1.54, 1.807) is 12.1 Å². The van der Waals surface area contributed by atoms with E-state index in [1.807, 2.05) is 0 Å². The summed E-state index contributed by atoms with van der Waals surface area (Å²) in [5.41, 5.74) is 0.209. The number of hydrogen-bond acceptors (Lipinski definition) is 3. The topological polar surface area (TPSA) is 55.0 Å². The minimum absolute atomic E-state index is 0.149. The fourth-order valence-corrected chi connectivity index (χ4v) is 1.85. The Morgan fingerprint density at radius 2 is 2.25 bits per heavy atom. The molecule has 0 saturated heterocycles. The second-order valence-electron chi connectivity index (χ2n) is 3.12. The maximum Gasteiger partial charge on any atom is 0.262 e. The number of alkyl halides is 1. The summed E-state index contributed by atoms with van der Waals surface area (Å²) in [4.78, 5) is 18.5. The molecule has 0 aliphatic rings. The normalized spacial score (nSPS) is 10.7. The van der Waals surface area contributed by atoms with Crippen molar-refractivity contribution in [3.8, 4) is 5.75 Å². The third-order valence-electron chi connectivity index (χ3n) is 2.16. The molecule has 0 spiro atoms. The Hall–Kier alpha value is -1.26. The van der Waals surface area contributed by atoms with Crippen LogP contribution in [0.1, 0.15) is 5.82 Å². The number of nitrogens with one attached hydrogen (secondary N) is 1. The van der Waals surface area contributed by atoms with Crippen LogP contribution in [0.25, 0.3) is 10.9 Å². The van der Waals surface area contributed by atoms with Crippen molar-refractivity contribution >= 4 is 34.1 Å². The average molecular weight is 259 g/mol. The first kappa shape index (κ1) is 11.2. The third kappa shape index (κ3) is 1.74. The molecule has 0 atom stereocenters. The van der Waals surface area contributed by atoms with Gasteiger partial charge in [-0.3, -0.25) is 4.79 Å². The molecule has 6 heteroatoms. The van der Waals surface area contributed by atoms with Crippen molar-refractivity contribution in [2.45, 2.75) is 5.88 Å². The molecular formula is C10H8Cl2N2O2. The van der Waals surface area contributed by atoms with E-state index in [1.165, 1.54) is 7.11 Å². The first-order chi connectivity index (χ1) is 7.67. The largest absolute Gasteiger partial charge is 0.494 e. The number of aromatic amines is 1. The second kappa shape index (κ2) is 4.31. The van der Waals surface area contributed by atoms with Gasteiger partial charge in [0.05, 0.1) is 23.5 Å². The lowest BCUT2D eigenvalue weighted by Gasteiger charge is -2.06. The van der Waals surface area contributed by atoms with E-state index in [2.05, 4.69) is 9.97 Å². The van der Waals surface area contributed by atoms with Crippen LogP contribution in [0.15, 0.2) is 16.9 Å². The zero-order chi connectivity index (χ0) is 11.7. The Morgan fingerprint density at radius 3 is 2.88 bits per heavy atom. The Bertz CT molecular complexity index is 595. The lowest BCUT2D eigenvalue weighted by atomic mass is 10.2. The third-order valence-corrected chi connectivity index (χ3v) is 2.71. The van der Waals surface area contributed by atoms with E-state index in [0.29, 0.717) is 27.5 Å². The predicted molar refractivity (Wildman–Crippen MR) is 63.5 cm³/mol. The van der Waals surface area contributed by atoms with Crippen LogP contribution >= 0.6 is 23.2 Å². The molecule has 0 saturated carbocycles. The smallest absolute Gasteiger partial charge is 0.262 e. The summed E-state index contributed by atoms with van der Waals surface area (Å²) in [6.45, 7) is 0. The SMILES string of the molecule is COc1c(Cl)ccc2nc(CCl)[nH]c(=O)c12. The molecule has 0 bridgehead atoms. The number of rotatable bonds is 2.